The highest BCUT2D eigenvalue weighted by Crippen LogP contribution is 1.39. The van der Waals surface area contributed by atoms with E-state index in [0.29, 0.717) is 0 Å². The maximum Gasteiger partial charge on any atom is 0.319 e. The molecule has 3 heteroatoms. The van der Waals surface area contributed by atoms with Gasteiger partial charge in [-0.3, -0.25) is 9.52 Å². The van der Waals surface area contributed by atoms with E-state index in [-0.39, 0.29) is 0 Å². The Hall–Kier alpha value is -0.180. The molecule has 0 aliphatic carbocycles. The zero-order valence-electron chi connectivity index (χ0n) is 1.86. The van der Waals surface area contributed by atoms with E-state index in [1.807, 2.05) is 4.72 Å². The van der Waals surface area contributed by atoms with Crippen LogP contribution in [0, 0.1) is 0 Å². The van der Waals surface area contributed by atoms with Crippen LogP contribution >= 0.6 is 12.8 Å². The number of hydrogen-bond donors (Lipinski definition) is 2. The van der Waals surface area contributed by atoms with Crippen molar-refractivity contribution in [2.45, 2.75) is 0 Å². The summed E-state index contributed by atoms with van der Waals surface area (Å²) in [4.78, 5) is 8.86. The largest absolute Gasteiger partial charge is 0.319 e. The molecule has 0 bridgehead atoms. The summed E-state index contributed by atoms with van der Waals surface area (Å²) in [5.74, 6) is 0. The minimum atomic E-state index is 1.29. The van der Waals surface area contributed by atoms with E-state index in [2.05, 4.69) is 12.8 Å². The van der Waals surface area contributed by atoms with Gasteiger partial charge in [-0.15, -0.1) is 0 Å². The second-order valence-electron chi connectivity index (χ2n) is 0.214. The van der Waals surface area contributed by atoms with Crippen LogP contribution < -0.4 is 4.72 Å². The fourth-order valence-corrected chi connectivity index (χ4v) is 0. The van der Waals surface area contributed by atoms with Crippen molar-refractivity contribution in [2.75, 3.05) is 0 Å². The maximum atomic E-state index is 8.86. The van der Waals surface area contributed by atoms with E-state index in [4.69, 9.17) is 4.79 Å². The first kappa shape index (κ1) is 3.82. The number of thiol groups is 1. The molecule has 0 heterocycles. The molecule has 1 N–H and O–H groups in total. The highest BCUT2D eigenvalue weighted by atomic mass is 32.1. The average molecular weight is 76.1 g/mol. The molecule has 0 rings (SSSR count). The van der Waals surface area contributed by atoms with Gasteiger partial charge in [-0.25, -0.2) is 0 Å². The van der Waals surface area contributed by atoms with Gasteiger partial charge in [0.05, 0.1) is 0 Å². The Morgan fingerprint density at radius 3 is 2.25 bits per heavy atom. The summed E-state index contributed by atoms with van der Waals surface area (Å²) in [5.41, 5.74) is 0. The molecule has 0 saturated heterocycles. The molecule has 0 fully saturated rings. The van der Waals surface area contributed by atoms with Crippen LogP contribution in [0.3, 0.4) is 0 Å². The van der Waals surface area contributed by atoms with E-state index in [1.54, 1.807) is 0 Å². The molecule has 2 nitrogen and oxygen atoms in total. The Labute approximate surface area is 29.7 Å². The minimum Gasteiger partial charge on any atom is -0.294 e. The molecule has 0 aromatic heterocycles. The predicted molar refractivity (Wildman–Crippen MR) is 17.8 cm³/mol. The van der Waals surface area contributed by atoms with Gasteiger partial charge in [0.2, 0.25) is 0 Å². The van der Waals surface area contributed by atoms with Gasteiger partial charge in [0.1, 0.15) is 0 Å². The van der Waals surface area contributed by atoms with Crippen LogP contribution in [0.5, 0.6) is 0 Å². The molecule has 1 amide bonds. The van der Waals surface area contributed by atoms with Crippen LogP contribution in [-0.4, -0.2) is 6.41 Å². The van der Waals surface area contributed by atoms with Gasteiger partial charge < -0.3 is 0 Å². The van der Waals surface area contributed by atoms with Crippen LogP contribution in [0.1, 0.15) is 0 Å². The number of hydrogen-bond acceptors (Lipinski definition) is 2. The van der Waals surface area contributed by atoms with Crippen LogP contribution in [0.15, 0.2) is 0 Å². The zero-order chi connectivity index (χ0) is 3.41. The lowest BCUT2D eigenvalue weighted by atomic mass is 11.5. The lowest BCUT2D eigenvalue weighted by Crippen LogP contribution is -1.87. The van der Waals surface area contributed by atoms with Gasteiger partial charge in [-0.1, -0.05) is 12.8 Å². The van der Waals surface area contributed by atoms with E-state index < -0.39 is 0 Å². The van der Waals surface area contributed by atoms with Crippen LogP contribution in [0.25, 0.3) is 0 Å². The van der Waals surface area contributed by atoms with E-state index in [9.17, 15) is 0 Å². The van der Waals surface area contributed by atoms with Crippen molar-refractivity contribution in [3.8, 4) is 0 Å². The summed E-state index contributed by atoms with van der Waals surface area (Å²) in [5, 5.41) is 0. The van der Waals surface area contributed by atoms with Crippen molar-refractivity contribution in [1.82, 2.24) is 4.72 Å². The maximum absolute atomic E-state index is 8.86. The molecule has 1 radical (unpaired) electrons. The van der Waals surface area contributed by atoms with Crippen molar-refractivity contribution >= 4 is 19.2 Å². The summed E-state index contributed by atoms with van der Waals surface area (Å²) >= 11 is 3.25. The molecule has 23 valence electrons. The molecule has 0 aliphatic heterocycles. The monoisotopic (exact) mass is 76.0 g/mol. The van der Waals surface area contributed by atoms with Gasteiger partial charge >= 0.3 is 6.41 Å². The molecule has 0 unspecified atom stereocenters. The molecule has 0 aromatic carbocycles. The third-order valence-corrected chi connectivity index (χ3v) is 0.137. The van der Waals surface area contributed by atoms with Crippen molar-refractivity contribution < 1.29 is 4.79 Å². The smallest absolute Gasteiger partial charge is 0.294 e. The first-order chi connectivity index (χ1) is 1.91. The van der Waals surface area contributed by atoms with Crippen LogP contribution in [0.2, 0.25) is 0 Å². The summed E-state index contributed by atoms with van der Waals surface area (Å²) in [6.45, 7) is 0. The summed E-state index contributed by atoms with van der Waals surface area (Å²) in [7, 11) is 0. The predicted octanol–water partition coefficient (Wildman–Crippen LogP) is -0.512. The number of nitrogens with one attached hydrogen (secondary N) is 1. The van der Waals surface area contributed by atoms with E-state index in [1.165, 1.54) is 6.41 Å². The lowest BCUT2D eigenvalue weighted by Gasteiger charge is -1.60. The highest BCUT2D eigenvalue weighted by Gasteiger charge is 1.49. The second-order valence-corrected chi connectivity index (χ2v) is 0.437. The third kappa shape index (κ3) is 1.82. The number of rotatable bonds is 1. The first-order valence-corrected chi connectivity index (χ1v) is 1.12. The Morgan fingerprint density at radius 2 is 2.25 bits per heavy atom. The van der Waals surface area contributed by atoms with Crippen molar-refractivity contribution in [2.24, 2.45) is 0 Å². The summed E-state index contributed by atoms with van der Waals surface area (Å²) in [6.07, 6.45) is 1.29. The SMILES string of the molecule is O=[C]NS. The average Bonchev–Trinajstić information content (AvgIpc) is 1.37. The van der Waals surface area contributed by atoms with Gasteiger partial charge in [0.15, 0.2) is 0 Å². The fourth-order valence-electron chi connectivity index (χ4n) is 0. The molecule has 0 saturated carbocycles. The number of amides is 1. The summed E-state index contributed by atoms with van der Waals surface area (Å²) < 4.78 is 1.82. The van der Waals surface area contributed by atoms with Crippen molar-refractivity contribution in [3.05, 3.63) is 0 Å². The van der Waals surface area contributed by atoms with E-state index in [0.717, 1.165) is 0 Å². The molecule has 4 heavy (non-hydrogen) atoms. The number of carbonyl (C=O) groups excluding carboxylic acids is 1. The highest BCUT2D eigenvalue weighted by molar-refractivity contribution is 7.78. The molecule has 0 aromatic rings. The fraction of sp³-hybridized carbons (Fsp3) is 0. The topological polar surface area (TPSA) is 29.1 Å². The van der Waals surface area contributed by atoms with Crippen molar-refractivity contribution in [3.63, 3.8) is 0 Å². The second kappa shape index (κ2) is 2.82. The lowest BCUT2D eigenvalue weighted by molar-refractivity contribution is 0.554. The normalized spacial score (nSPS) is 5.25. The molecular formula is CH2NOS. The zero-order valence-corrected chi connectivity index (χ0v) is 2.75. The Kier molecular flexibility index (Phi) is 2.69. The van der Waals surface area contributed by atoms with Gasteiger partial charge in [0.25, 0.3) is 0 Å². The van der Waals surface area contributed by atoms with Crippen molar-refractivity contribution in [1.29, 1.82) is 0 Å². The first-order valence-electron chi connectivity index (χ1n) is 0.678. The molecule has 0 atom stereocenters. The molecule has 0 aliphatic rings. The van der Waals surface area contributed by atoms with Gasteiger partial charge in [-0.2, -0.15) is 0 Å². The van der Waals surface area contributed by atoms with Gasteiger partial charge in [-0.05, 0) is 0 Å². The third-order valence-electron chi connectivity index (χ3n) is 0.0456. The van der Waals surface area contributed by atoms with Crippen LogP contribution in [0.4, 0.5) is 0 Å². The quantitative estimate of drug-likeness (QED) is 0.319. The Balaban J connectivity index is 2.30. The van der Waals surface area contributed by atoms with Crippen LogP contribution in [-0.2, 0) is 4.79 Å². The minimum absolute atomic E-state index is 1.29. The standard InChI is InChI=1S/CH2NOS/c3-1-2-4/h4H,(H,2,3). The van der Waals surface area contributed by atoms with Gasteiger partial charge in [0, 0.05) is 0 Å². The molecule has 0 spiro atoms. The van der Waals surface area contributed by atoms with E-state index >= 15 is 0 Å². The summed E-state index contributed by atoms with van der Waals surface area (Å²) in [6, 6.07) is 0. The molecular weight excluding hydrogens is 74.1 g/mol. The Morgan fingerprint density at radius 1 is 2.00 bits per heavy atom. The Bertz CT molecular complexity index is 22.0.